The minimum absolute atomic E-state index is 0.00499. The van der Waals surface area contributed by atoms with Gasteiger partial charge in [-0.2, -0.15) is 22.6 Å². The molecule has 0 amide bonds. The summed E-state index contributed by atoms with van der Waals surface area (Å²) in [5, 5.41) is 15.7. The molecule has 3 aliphatic heterocycles. The van der Waals surface area contributed by atoms with Crippen molar-refractivity contribution in [3.05, 3.63) is 47.2 Å². The molecule has 44 heavy (non-hydrogen) atoms. The highest BCUT2D eigenvalue weighted by atomic mass is 32.2. The third-order valence-corrected chi connectivity index (χ3v) is 10.7. The number of hydrogen-bond donors (Lipinski definition) is 1. The molecule has 1 aromatic carbocycles. The Labute approximate surface area is 258 Å². The summed E-state index contributed by atoms with van der Waals surface area (Å²) in [4.78, 5) is 3.96. The number of aromatic nitrogens is 2. The average Bonchev–Trinajstić information content (AvgIpc) is 3.31. The van der Waals surface area contributed by atoms with Crippen LogP contribution in [0.25, 0.3) is 11.3 Å². The maximum absolute atomic E-state index is 14.0. The molecule has 244 valence electrons. The quantitative estimate of drug-likeness (QED) is 0.230. The predicted octanol–water partition coefficient (Wildman–Crippen LogP) is 4.33. The van der Waals surface area contributed by atoms with E-state index in [1.807, 2.05) is 4.90 Å². The van der Waals surface area contributed by atoms with E-state index in [9.17, 15) is 35.5 Å². The lowest BCUT2D eigenvalue weighted by Crippen LogP contribution is -2.40. The number of fused-ring (bicyclic) bond motifs is 1. The molecular formula is C29H38F5N5O3S2. The lowest BCUT2D eigenvalue weighted by atomic mass is 10.0. The molecule has 4 heterocycles. The predicted molar refractivity (Wildman–Crippen MR) is 159 cm³/mol. The zero-order valence-corrected chi connectivity index (χ0v) is 26.2. The molecule has 0 aliphatic carbocycles. The summed E-state index contributed by atoms with van der Waals surface area (Å²) in [7, 11) is -3.54. The standard InChI is InChI=1S/C29H38F5N5O3S2/c1-44(41,42)38-12-7-25-23(20-38)27(35-39(25)19-22(40)18-37-10-3-2-4-11-37)21-5-6-24(29(32,33)34)26(17-21)43-16-15-36-13-8-28(30,31)9-14-36/h2-3,5-6,17,22,40H,4,7-16,18-20H2,1H3/t22-/m0/s1. The van der Waals surface area contributed by atoms with Gasteiger partial charge in [-0.1, -0.05) is 18.2 Å². The molecule has 15 heteroatoms. The van der Waals surface area contributed by atoms with Gasteiger partial charge in [0.05, 0.1) is 30.2 Å². The van der Waals surface area contributed by atoms with Gasteiger partial charge in [0, 0.05) is 99.1 Å². The Balaban J connectivity index is 1.41. The monoisotopic (exact) mass is 663 g/mol. The van der Waals surface area contributed by atoms with Crippen LogP contribution < -0.4 is 0 Å². The molecule has 2 aromatic rings. The number of piperidine rings is 1. The summed E-state index contributed by atoms with van der Waals surface area (Å²) in [5.41, 5.74) is 1.37. The highest BCUT2D eigenvalue weighted by molar-refractivity contribution is 7.99. The van der Waals surface area contributed by atoms with Crippen LogP contribution in [0.4, 0.5) is 22.0 Å². The minimum atomic E-state index is -4.60. The Morgan fingerprint density at radius 1 is 1.07 bits per heavy atom. The Kier molecular flexibility index (Phi) is 10.1. The summed E-state index contributed by atoms with van der Waals surface area (Å²) < 4.78 is 96.9. The molecule has 1 aromatic heterocycles. The van der Waals surface area contributed by atoms with Crippen molar-refractivity contribution in [3.63, 3.8) is 0 Å². The van der Waals surface area contributed by atoms with Gasteiger partial charge in [-0.05, 0) is 18.6 Å². The van der Waals surface area contributed by atoms with Gasteiger partial charge in [-0.3, -0.25) is 9.58 Å². The molecule has 0 spiro atoms. The second kappa shape index (κ2) is 13.4. The number of halogens is 5. The van der Waals surface area contributed by atoms with Crippen LogP contribution in [-0.4, -0.2) is 107 Å². The van der Waals surface area contributed by atoms with Crippen LogP contribution in [0, 0.1) is 0 Å². The minimum Gasteiger partial charge on any atom is -0.390 e. The van der Waals surface area contributed by atoms with Gasteiger partial charge in [0.15, 0.2) is 0 Å². The lowest BCUT2D eigenvalue weighted by molar-refractivity contribution is -0.139. The Morgan fingerprint density at radius 2 is 1.82 bits per heavy atom. The smallest absolute Gasteiger partial charge is 0.390 e. The van der Waals surface area contributed by atoms with E-state index in [0.29, 0.717) is 36.3 Å². The van der Waals surface area contributed by atoms with Crippen molar-refractivity contribution in [1.82, 2.24) is 23.9 Å². The third kappa shape index (κ3) is 8.21. The fraction of sp³-hybridized carbons (Fsp3) is 0.621. The molecule has 0 unspecified atom stereocenters. The summed E-state index contributed by atoms with van der Waals surface area (Å²) in [6.07, 6.45) is 0.644. The van der Waals surface area contributed by atoms with E-state index < -0.39 is 33.8 Å². The number of β-amino-alcohol motifs (C(OH)–C–C–N with tert-alkyl or cyclic N) is 1. The van der Waals surface area contributed by atoms with E-state index in [0.717, 1.165) is 49.3 Å². The first-order valence-corrected chi connectivity index (χ1v) is 17.6. The zero-order chi connectivity index (χ0) is 31.7. The van der Waals surface area contributed by atoms with Gasteiger partial charge in [0.25, 0.3) is 5.92 Å². The van der Waals surface area contributed by atoms with Crippen molar-refractivity contribution < 1.29 is 35.5 Å². The number of aliphatic hydroxyl groups is 1. The van der Waals surface area contributed by atoms with Crippen LogP contribution in [-0.2, 0) is 35.7 Å². The zero-order valence-electron chi connectivity index (χ0n) is 24.6. The number of benzene rings is 1. The van der Waals surface area contributed by atoms with Crippen molar-refractivity contribution in [2.45, 2.75) is 61.9 Å². The lowest BCUT2D eigenvalue weighted by Gasteiger charge is -2.31. The summed E-state index contributed by atoms with van der Waals surface area (Å²) in [6, 6.07) is 3.80. The molecule has 1 saturated heterocycles. The largest absolute Gasteiger partial charge is 0.417 e. The molecule has 0 saturated carbocycles. The molecule has 1 atom stereocenters. The van der Waals surface area contributed by atoms with E-state index in [4.69, 9.17) is 5.10 Å². The average molecular weight is 664 g/mol. The van der Waals surface area contributed by atoms with Crippen molar-refractivity contribution in [2.24, 2.45) is 0 Å². The molecule has 8 nitrogen and oxygen atoms in total. The molecule has 1 fully saturated rings. The Bertz CT molecular complexity index is 1450. The van der Waals surface area contributed by atoms with Crippen LogP contribution in [0.1, 0.15) is 36.1 Å². The van der Waals surface area contributed by atoms with Gasteiger partial charge in [0.1, 0.15) is 0 Å². The number of hydrogen-bond acceptors (Lipinski definition) is 7. The first kappa shape index (κ1) is 33.3. The van der Waals surface area contributed by atoms with Gasteiger partial charge in [-0.15, -0.1) is 11.8 Å². The number of rotatable bonds is 10. The second-order valence-electron chi connectivity index (χ2n) is 11.7. The molecular weight excluding hydrogens is 625 g/mol. The Hall–Kier alpha value is -2.04. The highest BCUT2D eigenvalue weighted by Crippen LogP contribution is 2.40. The summed E-state index contributed by atoms with van der Waals surface area (Å²) >= 11 is 1.01. The highest BCUT2D eigenvalue weighted by Gasteiger charge is 2.36. The van der Waals surface area contributed by atoms with Crippen molar-refractivity contribution in [1.29, 1.82) is 0 Å². The van der Waals surface area contributed by atoms with Crippen molar-refractivity contribution in [3.8, 4) is 11.3 Å². The molecule has 0 radical (unpaired) electrons. The van der Waals surface area contributed by atoms with Crippen LogP contribution in [0.15, 0.2) is 35.2 Å². The normalized spacial score (nSPS) is 21.0. The second-order valence-corrected chi connectivity index (χ2v) is 14.8. The topological polar surface area (TPSA) is 81.9 Å². The van der Waals surface area contributed by atoms with Crippen molar-refractivity contribution in [2.75, 3.05) is 57.8 Å². The molecule has 3 aliphatic rings. The fourth-order valence-electron chi connectivity index (χ4n) is 5.95. The van der Waals surface area contributed by atoms with Gasteiger partial charge >= 0.3 is 6.18 Å². The van der Waals surface area contributed by atoms with Gasteiger partial charge in [-0.25, -0.2) is 17.2 Å². The van der Waals surface area contributed by atoms with Crippen molar-refractivity contribution >= 4 is 21.8 Å². The van der Waals surface area contributed by atoms with Gasteiger partial charge < -0.3 is 10.0 Å². The number of thioether (sulfide) groups is 1. The van der Waals surface area contributed by atoms with E-state index in [1.54, 1.807) is 4.68 Å². The number of aliphatic hydroxyl groups excluding tert-OH is 1. The molecule has 5 rings (SSSR count). The fourth-order valence-corrected chi connectivity index (χ4v) is 7.86. The summed E-state index contributed by atoms with van der Waals surface area (Å²) in [5.74, 6) is -2.41. The maximum Gasteiger partial charge on any atom is 0.417 e. The number of alkyl halides is 5. The number of nitrogens with zero attached hydrogens (tertiary/aromatic N) is 5. The third-order valence-electron chi connectivity index (χ3n) is 8.38. The van der Waals surface area contributed by atoms with E-state index in [1.165, 1.54) is 16.4 Å². The Morgan fingerprint density at radius 3 is 2.48 bits per heavy atom. The van der Waals surface area contributed by atoms with Gasteiger partial charge in [0.2, 0.25) is 10.0 Å². The van der Waals surface area contributed by atoms with Crippen LogP contribution in [0.3, 0.4) is 0 Å². The van der Waals surface area contributed by atoms with E-state index >= 15 is 0 Å². The first-order chi connectivity index (χ1) is 20.7. The van der Waals surface area contributed by atoms with Crippen LogP contribution in [0.5, 0.6) is 0 Å². The SMILES string of the molecule is CS(=O)(=O)N1CCc2c(c(-c3ccc(C(F)(F)F)c(SCCN4CCC(F)(F)CC4)c3)nn2C[C@@H](O)CN2CC=CCC2)C1. The summed E-state index contributed by atoms with van der Waals surface area (Å²) in [6.45, 7) is 3.19. The van der Waals surface area contributed by atoms with Crippen LogP contribution >= 0.6 is 11.8 Å². The van der Waals surface area contributed by atoms with E-state index in [2.05, 4.69) is 17.1 Å². The molecule has 0 bridgehead atoms. The number of likely N-dealkylation sites (tertiary alicyclic amines) is 1. The number of sulfonamides is 1. The first-order valence-electron chi connectivity index (χ1n) is 14.7. The maximum atomic E-state index is 14.0. The van der Waals surface area contributed by atoms with E-state index in [-0.39, 0.29) is 56.2 Å². The van der Waals surface area contributed by atoms with Crippen LogP contribution in [0.2, 0.25) is 0 Å². The molecule has 1 N–H and O–H groups in total.